The van der Waals surface area contributed by atoms with Gasteiger partial charge in [0.1, 0.15) is 11.6 Å². The molecule has 0 aliphatic carbocycles. The summed E-state index contributed by atoms with van der Waals surface area (Å²) < 4.78 is 7.75. The number of aryl methyl sites for hydroxylation is 2. The zero-order valence-electron chi connectivity index (χ0n) is 13.0. The zero-order chi connectivity index (χ0) is 16.0. The van der Waals surface area contributed by atoms with E-state index in [4.69, 9.17) is 4.74 Å². The van der Waals surface area contributed by atoms with Crippen LogP contribution >= 0.6 is 0 Å². The molecule has 1 aromatic heterocycles. The van der Waals surface area contributed by atoms with Crippen molar-refractivity contribution in [3.05, 3.63) is 53.9 Å². The van der Waals surface area contributed by atoms with Crippen molar-refractivity contribution in [2.45, 2.75) is 19.4 Å². The molecule has 1 amide bonds. The van der Waals surface area contributed by atoms with Crippen molar-refractivity contribution in [2.24, 2.45) is 7.05 Å². The number of benzene rings is 2. The van der Waals surface area contributed by atoms with Gasteiger partial charge in [-0.3, -0.25) is 4.79 Å². The predicted octanol–water partition coefficient (Wildman–Crippen LogP) is 2.82. The molecule has 1 N–H and O–H groups in total. The van der Waals surface area contributed by atoms with E-state index in [1.54, 1.807) is 0 Å². The Labute approximate surface area is 133 Å². The largest absolute Gasteiger partial charge is 0.480 e. The first-order valence-electron chi connectivity index (χ1n) is 7.60. The van der Waals surface area contributed by atoms with Gasteiger partial charge in [-0.1, -0.05) is 18.2 Å². The summed E-state index contributed by atoms with van der Waals surface area (Å²) in [5.41, 5.74) is 3.73. The van der Waals surface area contributed by atoms with Gasteiger partial charge in [0.05, 0.1) is 11.0 Å². The van der Waals surface area contributed by atoms with Crippen LogP contribution in [0.15, 0.2) is 42.5 Å². The minimum absolute atomic E-state index is 0.131. The fourth-order valence-electron chi connectivity index (χ4n) is 2.95. The maximum atomic E-state index is 12.4. The van der Waals surface area contributed by atoms with Crippen LogP contribution in [-0.4, -0.2) is 21.6 Å². The van der Waals surface area contributed by atoms with E-state index in [2.05, 4.69) is 10.3 Å². The fraction of sp³-hybridized carbons (Fsp3) is 0.222. The number of hydrogen-bond donors (Lipinski definition) is 1. The lowest BCUT2D eigenvalue weighted by Crippen LogP contribution is -2.31. The second-order valence-corrected chi connectivity index (χ2v) is 5.83. The van der Waals surface area contributed by atoms with Crippen LogP contribution in [0, 0.1) is 6.92 Å². The minimum Gasteiger partial charge on any atom is -0.480 e. The van der Waals surface area contributed by atoms with Gasteiger partial charge >= 0.3 is 0 Å². The number of aromatic nitrogens is 2. The zero-order valence-corrected chi connectivity index (χ0v) is 13.0. The number of rotatable bonds is 2. The molecule has 23 heavy (non-hydrogen) atoms. The number of anilines is 1. The Morgan fingerprint density at radius 2 is 2.13 bits per heavy atom. The lowest BCUT2D eigenvalue weighted by molar-refractivity contribution is -0.122. The minimum atomic E-state index is -0.478. The maximum Gasteiger partial charge on any atom is 0.265 e. The van der Waals surface area contributed by atoms with Crippen LogP contribution < -0.4 is 10.1 Å². The Balaban J connectivity index is 1.53. The van der Waals surface area contributed by atoms with E-state index in [-0.39, 0.29) is 5.91 Å². The van der Waals surface area contributed by atoms with Crippen molar-refractivity contribution in [1.29, 1.82) is 0 Å². The molecule has 1 atom stereocenters. The number of amides is 1. The molecular formula is C18H17N3O2. The Morgan fingerprint density at radius 1 is 1.30 bits per heavy atom. The Hall–Kier alpha value is -2.82. The van der Waals surface area contributed by atoms with Gasteiger partial charge in [-0.2, -0.15) is 0 Å². The number of nitrogens with one attached hydrogen (secondary N) is 1. The van der Waals surface area contributed by atoms with E-state index in [1.807, 2.05) is 61.0 Å². The van der Waals surface area contributed by atoms with Crippen molar-refractivity contribution in [2.75, 3.05) is 5.32 Å². The third kappa shape index (κ3) is 2.34. The number of fused-ring (bicyclic) bond motifs is 2. The molecule has 0 fully saturated rings. The summed E-state index contributed by atoms with van der Waals surface area (Å²) in [5, 5.41) is 2.93. The first-order valence-corrected chi connectivity index (χ1v) is 7.60. The molecule has 5 nitrogen and oxygen atoms in total. The van der Waals surface area contributed by atoms with Crippen LogP contribution in [0.1, 0.15) is 11.4 Å². The standard InChI is InChI=1S/C18H17N3O2/c1-11-19-14-10-13(7-8-15(14)21(11)2)20-18(22)17-9-12-5-3-4-6-16(12)23-17/h3-8,10,17H,9H2,1-2H3,(H,20,22). The first-order chi connectivity index (χ1) is 11.1. The van der Waals surface area contributed by atoms with Gasteiger partial charge < -0.3 is 14.6 Å². The topological polar surface area (TPSA) is 56.1 Å². The molecule has 116 valence electrons. The van der Waals surface area contributed by atoms with E-state index in [9.17, 15) is 4.79 Å². The number of hydrogen-bond acceptors (Lipinski definition) is 3. The molecule has 0 bridgehead atoms. The maximum absolute atomic E-state index is 12.4. The summed E-state index contributed by atoms with van der Waals surface area (Å²) in [7, 11) is 1.98. The van der Waals surface area contributed by atoms with E-state index in [0.29, 0.717) is 6.42 Å². The molecule has 0 radical (unpaired) electrons. The third-order valence-electron chi connectivity index (χ3n) is 4.31. The predicted molar refractivity (Wildman–Crippen MR) is 88.6 cm³/mol. The third-order valence-corrected chi connectivity index (χ3v) is 4.31. The molecule has 0 saturated heterocycles. The summed E-state index contributed by atoms with van der Waals surface area (Å²) in [4.78, 5) is 16.9. The Morgan fingerprint density at radius 3 is 2.96 bits per heavy atom. The average Bonchev–Trinajstić information content (AvgIpc) is 3.09. The van der Waals surface area contributed by atoms with Crippen LogP contribution in [0.4, 0.5) is 5.69 Å². The molecule has 1 unspecified atom stereocenters. The van der Waals surface area contributed by atoms with Crippen molar-refractivity contribution in [1.82, 2.24) is 9.55 Å². The Bertz CT molecular complexity index is 889. The number of para-hydroxylation sites is 1. The van der Waals surface area contributed by atoms with Crippen molar-refractivity contribution < 1.29 is 9.53 Å². The highest BCUT2D eigenvalue weighted by atomic mass is 16.5. The van der Waals surface area contributed by atoms with Crippen LogP contribution in [0.3, 0.4) is 0 Å². The van der Waals surface area contributed by atoms with Crippen LogP contribution in [0.2, 0.25) is 0 Å². The van der Waals surface area contributed by atoms with E-state index in [1.165, 1.54) is 0 Å². The first kappa shape index (κ1) is 13.8. The molecule has 1 aliphatic heterocycles. The molecular weight excluding hydrogens is 290 g/mol. The molecule has 5 heteroatoms. The van der Waals surface area contributed by atoms with Gasteiger partial charge in [-0.15, -0.1) is 0 Å². The lowest BCUT2D eigenvalue weighted by Gasteiger charge is -2.11. The lowest BCUT2D eigenvalue weighted by atomic mass is 10.1. The number of carbonyl (C=O) groups excluding carboxylic acids is 1. The summed E-state index contributed by atoms with van der Waals surface area (Å²) >= 11 is 0. The average molecular weight is 307 g/mol. The number of carbonyl (C=O) groups is 1. The highest BCUT2D eigenvalue weighted by molar-refractivity contribution is 5.96. The van der Waals surface area contributed by atoms with Gasteiger partial charge in [0, 0.05) is 19.2 Å². The summed E-state index contributed by atoms with van der Waals surface area (Å²) in [6.07, 6.45) is 0.126. The molecule has 0 spiro atoms. The normalized spacial score (nSPS) is 16.2. The Kier molecular flexibility index (Phi) is 3.08. The van der Waals surface area contributed by atoms with E-state index in [0.717, 1.165) is 33.9 Å². The van der Waals surface area contributed by atoms with E-state index >= 15 is 0 Å². The molecule has 1 aliphatic rings. The quantitative estimate of drug-likeness (QED) is 0.792. The highest BCUT2D eigenvalue weighted by Gasteiger charge is 2.28. The summed E-state index contributed by atoms with van der Waals surface area (Å²) in [6, 6.07) is 13.5. The van der Waals surface area contributed by atoms with Crippen molar-refractivity contribution >= 4 is 22.6 Å². The van der Waals surface area contributed by atoms with E-state index < -0.39 is 6.10 Å². The molecule has 2 aromatic carbocycles. The second-order valence-electron chi connectivity index (χ2n) is 5.83. The van der Waals surface area contributed by atoms with Crippen LogP contribution in [-0.2, 0) is 18.3 Å². The number of ether oxygens (including phenoxy) is 1. The molecule has 0 saturated carbocycles. The van der Waals surface area contributed by atoms with Gasteiger partial charge in [0.25, 0.3) is 5.91 Å². The van der Waals surface area contributed by atoms with Crippen molar-refractivity contribution in [3.63, 3.8) is 0 Å². The summed E-state index contributed by atoms with van der Waals surface area (Å²) in [5.74, 6) is 1.61. The van der Waals surface area contributed by atoms with Crippen molar-refractivity contribution in [3.8, 4) is 5.75 Å². The smallest absolute Gasteiger partial charge is 0.265 e. The van der Waals surface area contributed by atoms with Gasteiger partial charge in [0.15, 0.2) is 6.10 Å². The highest BCUT2D eigenvalue weighted by Crippen LogP contribution is 2.29. The number of nitrogens with zero attached hydrogens (tertiary/aromatic N) is 2. The fourth-order valence-corrected chi connectivity index (χ4v) is 2.95. The SMILES string of the molecule is Cc1nc2cc(NC(=O)C3Cc4ccccc4O3)ccc2n1C. The molecule has 2 heterocycles. The monoisotopic (exact) mass is 307 g/mol. The second kappa shape index (κ2) is 5.12. The van der Waals surface area contributed by atoms with Gasteiger partial charge in [-0.25, -0.2) is 4.98 Å². The summed E-state index contributed by atoms with van der Waals surface area (Å²) in [6.45, 7) is 1.96. The number of imidazole rings is 1. The van der Waals surface area contributed by atoms with Gasteiger partial charge in [0.2, 0.25) is 0 Å². The van der Waals surface area contributed by atoms with Crippen LogP contribution in [0.25, 0.3) is 11.0 Å². The van der Waals surface area contributed by atoms with Gasteiger partial charge in [-0.05, 0) is 36.8 Å². The molecule has 4 rings (SSSR count). The molecule has 3 aromatic rings. The van der Waals surface area contributed by atoms with Crippen LogP contribution in [0.5, 0.6) is 5.75 Å².